The molecular weight excluding hydrogens is 266 g/mol. The van der Waals surface area contributed by atoms with Gasteiger partial charge in [-0.2, -0.15) is 0 Å². The number of benzene rings is 1. The Morgan fingerprint density at radius 3 is 2.67 bits per heavy atom. The third-order valence-corrected chi connectivity index (χ3v) is 3.69. The smallest absolute Gasteiger partial charge is 0.243 e. The van der Waals surface area contributed by atoms with Gasteiger partial charge < -0.3 is 10.5 Å². The van der Waals surface area contributed by atoms with Crippen molar-refractivity contribution in [2.24, 2.45) is 5.73 Å². The molecule has 1 aromatic carbocycles. The predicted molar refractivity (Wildman–Crippen MR) is 61.4 cm³/mol. The molecule has 1 rings (SSSR count). The topological polar surface area (TPSA) is 81.4 Å². The Hall–Kier alpha value is -1.09. The third-order valence-electron chi connectivity index (χ3n) is 2.16. The van der Waals surface area contributed by atoms with Crippen LogP contribution in [-0.4, -0.2) is 34.7 Å². The summed E-state index contributed by atoms with van der Waals surface area (Å²) in [6.07, 6.45) is 0. The van der Waals surface area contributed by atoms with Crippen molar-refractivity contribution in [3.05, 3.63) is 29.8 Å². The maximum absolute atomic E-state index is 13.4. The van der Waals surface area contributed by atoms with Gasteiger partial charge in [-0.05, 0) is 18.2 Å². The van der Waals surface area contributed by atoms with E-state index in [2.05, 4.69) is 4.72 Å². The van der Waals surface area contributed by atoms with Gasteiger partial charge in [0, 0.05) is 13.7 Å². The largest absolute Gasteiger partial charge is 0.383 e. The first-order chi connectivity index (χ1) is 8.40. The molecule has 8 heteroatoms. The summed E-state index contributed by atoms with van der Waals surface area (Å²) in [5, 5.41) is 0. The number of sulfonamides is 1. The molecule has 0 heterocycles. The lowest BCUT2D eigenvalue weighted by molar-refractivity contribution is 0.177. The Balaban J connectivity index is 3.02. The lowest BCUT2D eigenvalue weighted by Gasteiger charge is -2.16. The van der Waals surface area contributed by atoms with Crippen molar-refractivity contribution in [3.8, 4) is 0 Å². The summed E-state index contributed by atoms with van der Waals surface area (Å²) in [4.78, 5) is -0.753. The van der Waals surface area contributed by atoms with Crippen molar-refractivity contribution in [2.45, 2.75) is 10.9 Å². The summed E-state index contributed by atoms with van der Waals surface area (Å²) in [5.41, 5.74) is 5.34. The highest BCUT2D eigenvalue weighted by molar-refractivity contribution is 7.89. The van der Waals surface area contributed by atoms with E-state index < -0.39 is 32.6 Å². The van der Waals surface area contributed by atoms with Gasteiger partial charge >= 0.3 is 0 Å². The van der Waals surface area contributed by atoms with Crippen molar-refractivity contribution in [2.75, 3.05) is 20.3 Å². The molecule has 1 atom stereocenters. The second-order valence-electron chi connectivity index (χ2n) is 3.58. The number of halogens is 2. The van der Waals surface area contributed by atoms with E-state index in [9.17, 15) is 17.2 Å². The molecule has 0 amide bonds. The molecular formula is C10H14F2N2O3S. The molecule has 3 N–H and O–H groups in total. The summed E-state index contributed by atoms with van der Waals surface area (Å²) >= 11 is 0. The Labute approximate surface area is 104 Å². The summed E-state index contributed by atoms with van der Waals surface area (Å²) in [7, 11) is -2.80. The van der Waals surface area contributed by atoms with Crippen LogP contribution in [0.5, 0.6) is 0 Å². The van der Waals surface area contributed by atoms with E-state index in [4.69, 9.17) is 10.5 Å². The van der Waals surface area contributed by atoms with Gasteiger partial charge in [-0.1, -0.05) is 0 Å². The van der Waals surface area contributed by atoms with E-state index in [1.54, 1.807) is 0 Å². The van der Waals surface area contributed by atoms with Crippen LogP contribution in [0.25, 0.3) is 0 Å². The normalized spacial score (nSPS) is 13.6. The van der Waals surface area contributed by atoms with Crippen LogP contribution in [0.2, 0.25) is 0 Å². The lowest BCUT2D eigenvalue weighted by atomic mass is 10.3. The second kappa shape index (κ2) is 6.19. The fraction of sp³-hybridized carbons (Fsp3) is 0.400. The average Bonchev–Trinajstić information content (AvgIpc) is 2.31. The zero-order chi connectivity index (χ0) is 13.8. The molecule has 102 valence electrons. The highest BCUT2D eigenvalue weighted by Gasteiger charge is 2.23. The average molecular weight is 280 g/mol. The van der Waals surface area contributed by atoms with Gasteiger partial charge in [-0.15, -0.1) is 0 Å². The number of methoxy groups -OCH3 is 1. The second-order valence-corrected chi connectivity index (χ2v) is 5.27. The van der Waals surface area contributed by atoms with Crippen LogP contribution in [0, 0.1) is 11.6 Å². The fourth-order valence-electron chi connectivity index (χ4n) is 1.32. The van der Waals surface area contributed by atoms with E-state index in [0.717, 1.165) is 12.1 Å². The zero-order valence-electron chi connectivity index (χ0n) is 9.69. The monoisotopic (exact) mass is 280 g/mol. The number of hydrogen-bond donors (Lipinski definition) is 2. The number of ether oxygens (including phenoxy) is 1. The highest BCUT2D eigenvalue weighted by atomic mass is 32.2. The molecule has 0 saturated carbocycles. The van der Waals surface area contributed by atoms with Gasteiger partial charge in [0.15, 0.2) is 0 Å². The Morgan fingerprint density at radius 1 is 1.44 bits per heavy atom. The molecule has 18 heavy (non-hydrogen) atoms. The van der Waals surface area contributed by atoms with Crippen molar-refractivity contribution in [3.63, 3.8) is 0 Å². The van der Waals surface area contributed by atoms with Gasteiger partial charge in [0.05, 0.1) is 12.6 Å². The van der Waals surface area contributed by atoms with Gasteiger partial charge in [0.2, 0.25) is 10.0 Å². The van der Waals surface area contributed by atoms with Crippen LogP contribution in [0.1, 0.15) is 0 Å². The molecule has 0 aliphatic carbocycles. The first-order valence-corrected chi connectivity index (χ1v) is 6.55. The molecule has 0 aromatic heterocycles. The van der Waals surface area contributed by atoms with Crippen molar-refractivity contribution in [1.29, 1.82) is 0 Å². The molecule has 0 saturated heterocycles. The summed E-state index contributed by atoms with van der Waals surface area (Å²) in [5.74, 6) is -1.87. The molecule has 1 aromatic rings. The van der Waals surface area contributed by atoms with Crippen molar-refractivity contribution in [1.82, 2.24) is 4.72 Å². The van der Waals surface area contributed by atoms with Crippen LogP contribution in [0.15, 0.2) is 23.1 Å². The minimum atomic E-state index is -4.17. The minimum Gasteiger partial charge on any atom is -0.383 e. The minimum absolute atomic E-state index is 0.0238. The van der Waals surface area contributed by atoms with Gasteiger partial charge in [0.1, 0.15) is 16.5 Å². The number of nitrogens with one attached hydrogen (secondary N) is 1. The number of nitrogens with two attached hydrogens (primary N) is 1. The van der Waals surface area contributed by atoms with Crippen molar-refractivity contribution >= 4 is 10.0 Å². The van der Waals surface area contributed by atoms with Crippen LogP contribution < -0.4 is 10.5 Å². The Morgan fingerprint density at radius 2 is 2.11 bits per heavy atom. The van der Waals surface area contributed by atoms with E-state index in [1.807, 2.05) is 0 Å². The zero-order valence-corrected chi connectivity index (χ0v) is 10.5. The number of rotatable bonds is 6. The van der Waals surface area contributed by atoms with E-state index in [-0.39, 0.29) is 13.2 Å². The van der Waals surface area contributed by atoms with Crippen LogP contribution in [0.3, 0.4) is 0 Å². The van der Waals surface area contributed by atoms with Crippen LogP contribution in [0.4, 0.5) is 8.78 Å². The van der Waals surface area contributed by atoms with Gasteiger partial charge in [0.25, 0.3) is 0 Å². The first kappa shape index (κ1) is 15.0. The quantitative estimate of drug-likeness (QED) is 0.781. The summed E-state index contributed by atoms with van der Waals surface area (Å²) in [6, 6.07) is 1.49. The highest BCUT2D eigenvalue weighted by Crippen LogP contribution is 2.15. The lowest BCUT2D eigenvalue weighted by Crippen LogP contribution is -2.43. The Bertz CT molecular complexity index is 508. The summed E-state index contributed by atoms with van der Waals surface area (Å²) < 4.78 is 56.8. The van der Waals surface area contributed by atoms with E-state index >= 15 is 0 Å². The van der Waals surface area contributed by atoms with Gasteiger partial charge in [-0.25, -0.2) is 21.9 Å². The number of hydrogen-bond acceptors (Lipinski definition) is 4. The molecule has 5 nitrogen and oxygen atoms in total. The molecule has 0 spiro atoms. The maximum Gasteiger partial charge on any atom is 0.243 e. The standard InChI is InChI=1S/C10H14F2N2O3S/c1-17-6-8(5-13)14-18(15,16)10-4-7(11)2-3-9(10)12/h2-4,8,14H,5-6,13H2,1H3. The third kappa shape index (κ3) is 3.70. The SMILES string of the molecule is COCC(CN)NS(=O)(=O)c1cc(F)ccc1F. The molecule has 0 bridgehead atoms. The fourth-order valence-corrected chi connectivity index (χ4v) is 2.64. The first-order valence-electron chi connectivity index (χ1n) is 5.07. The molecule has 0 aliphatic rings. The van der Waals surface area contributed by atoms with Gasteiger partial charge in [-0.3, -0.25) is 0 Å². The molecule has 0 aliphatic heterocycles. The van der Waals surface area contributed by atoms with Crippen LogP contribution >= 0.6 is 0 Å². The van der Waals surface area contributed by atoms with Crippen molar-refractivity contribution < 1.29 is 21.9 Å². The van der Waals surface area contributed by atoms with E-state index in [0.29, 0.717) is 6.07 Å². The van der Waals surface area contributed by atoms with Crippen LogP contribution in [-0.2, 0) is 14.8 Å². The summed E-state index contributed by atoms with van der Waals surface area (Å²) in [6.45, 7) is 0.0106. The molecule has 0 fully saturated rings. The Kier molecular flexibility index (Phi) is 5.15. The van der Waals surface area contributed by atoms with E-state index in [1.165, 1.54) is 7.11 Å². The predicted octanol–water partition coefficient (Wildman–Crippen LogP) is 0.217. The maximum atomic E-state index is 13.4. The molecule has 1 unspecified atom stereocenters. The molecule has 0 radical (unpaired) electrons.